The number of rotatable bonds is 6. The molecule has 0 fully saturated rings. The van der Waals surface area contributed by atoms with E-state index >= 15 is 0 Å². The van der Waals surface area contributed by atoms with Crippen molar-refractivity contribution in [3.05, 3.63) is 34.9 Å². The molecule has 0 spiro atoms. The van der Waals surface area contributed by atoms with Gasteiger partial charge in [0.05, 0.1) is 0 Å². The molecule has 1 aromatic rings. The smallest absolute Gasteiger partial charge is 0.331 e. The van der Waals surface area contributed by atoms with Gasteiger partial charge in [0.25, 0.3) is 0 Å². The van der Waals surface area contributed by atoms with Crippen molar-refractivity contribution in [2.24, 2.45) is 4.99 Å². The van der Waals surface area contributed by atoms with Gasteiger partial charge in [-0.3, -0.25) is 4.99 Å². The second kappa shape index (κ2) is 6.55. The van der Waals surface area contributed by atoms with Crippen molar-refractivity contribution >= 4 is 23.8 Å². The summed E-state index contributed by atoms with van der Waals surface area (Å²) < 4.78 is 0. The molecule has 0 heterocycles. The van der Waals surface area contributed by atoms with Crippen LogP contribution in [0.15, 0.2) is 29.3 Å². The number of aliphatic imine (C=N–C) groups is 1. The van der Waals surface area contributed by atoms with Crippen molar-refractivity contribution in [1.82, 2.24) is 0 Å². The van der Waals surface area contributed by atoms with Crippen molar-refractivity contribution in [3.8, 4) is 0 Å². The Bertz CT molecular complexity index is 445. The molecule has 3 nitrogen and oxygen atoms in total. The summed E-state index contributed by atoms with van der Waals surface area (Å²) in [5.41, 5.74) is -0.335. The first-order chi connectivity index (χ1) is 8.49. The van der Waals surface area contributed by atoms with E-state index in [0.717, 1.165) is 18.4 Å². The minimum absolute atomic E-state index is 0.528. The van der Waals surface area contributed by atoms with Gasteiger partial charge in [0.1, 0.15) is 0 Å². The van der Waals surface area contributed by atoms with Crippen molar-refractivity contribution in [2.75, 3.05) is 0 Å². The molecule has 4 heteroatoms. The van der Waals surface area contributed by atoms with Crippen LogP contribution in [0.2, 0.25) is 5.02 Å². The molecular weight excluding hydrogens is 250 g/mol. The van der Waals surface area contributed by atoms with Crippen LogP contribution in [-0.2, 0) is 4.79 Å². The highest BCUT2D eigenvalue weighted by Crippen LogP contribution is 2.20. The Kier molecular flexibility index (Phi) is 5.35. The molecule has 0 amide bonds. The Morgan fingerprint density at radius 1 is 1.50 bits per heavy atom. The minimum Gasteiger partial charge on any atom is -0.479 e. The summed E-state index contributed by atoms with van der Waals surface area (Å²) in [6.45, 7) is 3.67. The largest absolute Gasteiger partial charge is 0.479 e. The van der Waals surface area contributed by atoms with Gasteiger partial charge in [-0.25, -0.2) is 4.79 Å². The summed E-state index contributed by atoms with van der Waals surface area (Å²) in [6.07, 6.45) is 3.86. The Morgan fingerprint density at radius 3 is 2.72 bits per heavy atom. The number of carboxylic acid groups (broad SMARTS) is 1. The standard InChI is InChI=1S/C14H18ClNO2/c1-3-4-9-14(2,13(17)18)16-10-11-7-5-6-8-12(11)15/h5-8,10H,3-4,9H2,1-2H3,(H,17,18)/b16-10+/t14-/m1/s1. The molecule has 0 radical (unpaired) electrons. The number of aliphatic carboxylic acids is 1. The zero-order valence-corrected chi connectivity index (χ0v) is 11.4. The van der Waals surface area contributed by atoms with E-state index in [2.05, 4.69) is 4.99 Å². The fourth-order valence-electron chi connectivity index (χ4n) is 1.54. The summed E-state index contributed by atoms with van der Waals surface area (Å²) >= 11 is 6.00. The summed E-state index contributed by atoms with van der Waals surface area (Å²) in [4.78, 5) is 15.5. The summed E-state index contributed by atoms with van der Waals surface area (Å²) in [6, 6.07) is 7.24. The SMILES string of the molecule is CCCC[C@@](C)(/N=C/c1ccccc1Cl)C(=O)O. The van der Waals surface area contributed by atoms with Gasteiger partial charge in [-0.05, 0) is 19.4 Å². The fourth-order valence-corrected chi connectivity index (χ4v) is 1.72. The normalized spacial score (nSPS) is 14.6. The van der Waals surface area contributed by atoms with E-state index in [0.29, 0.717) is 11.4 Å². The van der Waals surface area contributed by atoms with Gasteiger partial charge < -0.3 is 5.11 Å². The first kappa shape index (κ1) is 14.7. The third kappa shape index (κ3) is 3.84. The average molecular weight is 268 g/mol. The lowest BCUT2D eigenvalue weighted by atomic mass is 9.96. The van der Waals surface area contributed by atoms with Gasteiger partial charge in [0, 0.05) is 16.8 Å². The minimum atomic E-state index is -1.07. The summed E-state index contributed by atoms with van der Waals surface area (Å²) in [5.74, 6) is -0.903. The molecule has 98 valence electrons. The highest BCUT2D eigenvalue weighted by Gasteiger charge is 2.30. The molecule has 0 bridgehead atoms. The van der Waals surface area contributed by atoms with Crippen LogP contribution in [0.5, 0.6) is 0 Å². The van der Waals surface area contributed by atoms with E-state index in [4.69, 9.17) is 11.6 Å². The van der Waals surface area contributed by atoms with Crippen molar-refractivity contribution < 1.29 is 9.90 Å². The van der Waals surface area contributed by atoms with E-state index in [1.807, 2.05) is 25.1 Å². The van der Waals surface area contributed by atoms with E-state index in [9.17, 15) is 9.90 Å². The molecule has 1 rings (SSSR count). The first-order valence-electron chi connectivity index (χ1n) is 6.03. The Balaban J connectivity index is 2.90. The van der Waals surface area contributed by atoms with Crippen LogP contribution >= 0.6 is 11.6 Å². The van der Waals surface area contributed by atoms with Crippen molar-refractivity contribution in [2.45, 2.75) is 38.6 Å². The lowest BCUT2D eigenvalue weighted by Gasteiger charge is -2.19. The maximum atomic E-state index is 11.3. The molecule has 1 aromatic carbocycles. The van der Waals surface area contributed by atoms with Crippen LogP contribution in [0, 0.1) is 0 Å². The third-order valence-electron chi connectivity index (χ3n) is 2.87. The van der Waals surface area contributed by atoms with Crippen LogP contribution in [0.4, 0.5) is 0 Å². The highest BCUT2D eigenvalue weighted by atomic mass is 35.5. The topological polar surface area (TPSA) is 49.7 Å². The molecule has 18 heavy (non-hydrogen) atoms. The predicted octanol–water partition coefficient (Wildman–Crippen LogP) is 3.79. The van der Waals surface area contributed by atoms with Gasteiger partial charge in [-0.15, -0.1) is 0 Å². The van der Waals surface area contributed by atoms with E-state index < -0.39 is 11.5 Å². The zero-order chi connectivity index (χ0) is 13.6. The number of halogens is 1. The van der Waals surface area contributed by atoms with Crippen LogP contribution in [0.3, 0.4) is 0 Å². The quantitative estimate of drug-likeness (QED) is 0.797. The summed E-state index contributed by atoms with van der Waals surface area (Å²) in [7, 11) is 0. The first-order valence-corrected chi connectivity index (χ1v) is 6.40. The van der Waals surface area contributed by atoms with Crippen LogP contribution < -0.4 is 0 Å². The third-order valence-corrected chi connectivity index (χ3v) is 3.22. The summed E-state index contributed by atoms with van der Waals surface area (Å²) in [5, 5.41) is 9.83. The molecule has 0 aromatic heterocycles. The maximum absolute atomic E-state index is 11.3. The molecule has 1 atom stereocenters. The van der Waals surface area contributed by atoms with Gasteiger partial charge in [0.15, 0.2) is 5.54 Å². The lowest BCUT2D eigenvalue weighted by Crippen LogP contribution is -2.33. The molecule has 1 N–H and O–H groups in total. The van der Waals surface area contributed by atoms with Gasteiger partial charge >= 0.3 is 5.97 Å². The molecule has 0 aliphatic carbocycles. The zero-order valence-electron chi connectivity index (χ0n) is 10.7. The van der Waals surface area contributed by atoms with Crippen molar-refractivity contribution in [1.29, 1.82) is 0 Å². The number of unbranched alkanes of at least 4 members (excludes halogenated alkanes) is 1. The number of hydrogen-bond donors (Lipinski definition) is 1. The molecule has 0 aliphatic heterocycles. The molecule has 0 unspecified atom stereocenters. The van der Waals surface area contributed by atoms with Crippen LogP contribution in [0.25, 0.3) is 0 Å². The van der Waals surface area contributed by atoms with Gasteiger partial charge in [-0.2, -0.15) is 0 Å². The molecule has 0 aliphatic rings. The van der Waals surface area contributed by atoms with Crippen LogP contribution in [0.1, 0.15) is 38.7 Å². The predicted molar refractivity (Wildman–Crippen MR) is 74.6 cm³/mol. The maximum Gasteiger partial charge on any atom is 0.331 e. The van der Waals surface area contributed by atoms with Crippen molar-refractivity contribution in [3.63, 3.8) is 0 Å². The molecular formula is C14H18ClNO2. The number of hydrogen-bond acceptors (Lipinski definition) is 2. The monoisotopic (exact) mass is 267 g/mol. The molecule has 0 saturated heterocycles. The number of nitrogens with zero attached hydrogens (tertiary/aromatic N) is 1. The fraction of sp³-hybridized carbons (Fsp3) is 0.429. The van der Waals surface area contributed by atoms with Gasteiger partial charge in [-0.1, -0.05) is 49.6 Å². The van der Waals surface area contributed by atoms with Gasteiger partial charge in [0.2, 0.25) is 0 Å². The van der Waals surface area contributed by atoms with Crippen LogP contribution in [-0.4, -0.2) is 22.8 Å². The Labute approximate surface area is 113 Å². The molecule has 0 saturated carbocycles. The number of carboxylic acids is 1. The second-order valence-electron chi connectivity index (χ2n) is 4.46. The highest BCUT2D eigenvalue weighted by molar-refractivity contribution is 6.33. The Morgan fingerprint density at radius 2 is 2.17 bits per heavy atom. The second-order valence-corrected chi connectivity index (χ2v) is 4.87. The van der Waals surface area contributed by atoms with E-state index in [-0.39, 0.29) is 0 Å². The average Bonchev–Trinajstić information content (AvgIpc) is 2.35. The Hall–Kier alpha value is -1.35. The lowest BCUT2D eigenvalue weighted by molar-refractivity contribution is -0.142. The van der Waals surface area contributed by atoms with E-state index in [1.165, 1.54) is 0 Å². The number of carbonyl (C=O) groups is 1. The van der Waals surface area contributed by atoms with E-state index in [1.54, 1.807) is 19.2 Å². The number of benzene rings is 1.